The number of rotatable bonds is 6. The zero-order valence-corrected chi connectivity index (χ0v) is 24.1. The molecule has 1 saturated heterocycles. The van der Waals surface area contributed by atoms with Gasteiger partial charge in [0.25, 0.3) is 0 Å². The lowest BCUT2D eigenvalue weighted by Crippen LogP contribution is -2.49. The first kappa shape index (κ1) is 26.9. The standard InChI is InChI=1S/C26H27F3IN7S/c1-15(2)36-11-13-37(14-12-36)24-34-22(31-18-9-7-17(8-10-18)26(27,28)29)21-23(35-24)38-25(33-21)32-20-16(3)5-4-6-19(20)30/h4-10,15H,11-14H2,1-3H3,(H,32,33)(H,31,34,35). The zero-order valence-electron chi connectivity index (χ0n) is 21.1. The third kappa shape index (κ3) is 5.81. The molecule has 0 radical (unpaired) electrons. The molecule has 7 nitrogen and oxygen atoms in total. The molecule has 1 fully saturated rings. The van der Waals surface area contributed by atoms with Gasteiger partial charge >= 0.3 is 6.18 Å². The summed E-state index contributed by atoms with van der Waals surface area (Å²) in [4.78, 5) is 19.7. The summed E-state index contributed by atoms with van der Waals surface area (Å²) in [6.45, 7) is 9.79. The molecule has 2 aromatic carbocycles. The summed E-state index contributed by atoms with van der Waals surface area (Å²) in [6.07, 6.45) is -4.39. The van der Waals surface area contributed by atoms with Gasteiger partial charge in [-0.2, -0.15) is 23.1 Å². The summed E-state index contributed by atoms with van der Waals surface area (Å²) < 4.78 is 40.3. The molecule has 0 aliphatic carbocycles. The van der Waals surface area contributed by atoms with Crippen LogP contribution in [0.15, 0.2) is 42.5 Å². The highest BCUT2D eigenvalue weighted by Gasteiger charge is 2.30. The SMILES string of the molecule is Cc1cccc(I)c1Nc1nc2c(Nc3ccc(C(F)(F)F)cc3)nc(N3CCN(C(C)C)CC3)nc2s1. The van der Waals surface area contributed by atoms with Crippen LogP contribution in [-0.4, -0.2) is 52.1 Å². The predicted molar refractivity (Wildman–Crippen MR) is 156 cm³/mol. The second-order valence-corrected chi connectivity index (χ2v) is 11.6. The molecular weight excluding hydrogens is 626 g/mol. The Morgan fingerprint density at radius 3 is 2.29 bits per heavy atom. The lowest BCUT2D eigenvalue weighted by molar-refractivity contribution is -0.137. The second kappa shape index (κ2) is 10.8. The number of para-hydroxylation sites is 1. The summed E-state index contributed by atoms with van der Waals surface area (Å²) in [7, 11) is 0. The highest BCUT2D eigenvalue weighted by atomic mass is 127. The average molecular weight is 654 g/mol. The van der Waals surface area contributed by atoms with Gasteiger partial charge in [-0.15, -0.1) is 0 Å². The third-order valence-corrected chi connectivity index (χ3v) is 8.27. The molecule has 0 bridgehead atoms. The first-order valence-electron chi connectivity index (χ1n) is 12.2. The van der Waals surface area contributed by atoms with Crippen LogP contribution in [0, 0.1) is 10.5 Å². The predicted octanol–water partition coefficient (Wildman–Crippen LogP) is 7.04. The molecule has 2 aromatic heterocycles. The smallest absolute Gasteiger partial charge is 0.338 e. The topological polar surface area (TPSA) is 69.2 Å². The van der Waals surface area contributed by atoms with E-state index in [1.807, 2.05) is 25.1 Å². The van der Waals surface area contributed by atoms with E-state index in [2.05, 4.69) is 56.9 Å². The molecule has 1 aliphatic rings. The molecular formula is C26H27F3IN7S. The van der Waals surface area contributed by atoms with E-state index in [4.69, 9.17) is 15.0 Å². The van der Waals surface area contributed by atoms with Crippen molar-refractivity contribution in [1.82, 2.24) is 19.9 Å². The maximum atomic E-state index is 13.1. The van der Waals surface area contributed by atoms with E-state index in [0.717, 1.165) is 53.1 Å². The fourth-order valence-corrected chi connectivity index (χ4v) is 5.91. The number of piperazine rings is 1. The lowest BCUT2D eigenvalue weighted by atomic mass is 10.2. The fraction of sp³-hybridized carbons (Fsp3) is 0.346. The van der Waals surface area contributed by atoms with Crippen molar-refractivity contribution in [1.29, 1.82) is 0 Å². The monoisotopic (exact) mass is 653 g/mol. The van der Waals surface area contributed by atoms with Crippen molar-refractivity contribution < 1.29 is 13.2 Å². The van der Waals surface area contributed by atoms with Crippen molar-refractivity contribution in [2.45, 2.75) is 33.0 Å². The number of nitrogens with one attached hydrogen (secondary N) is 2. The molecule has 1 aliphatic heterocycles. The minimum atomic E-state index is -4.39. The Balaban J connectivity index is 1.50. The van der Waals surface area contributed by atoms with Gasteiger partial charge in [0.15, 0.2) is 15.8 Å². The van der Waals surface area contributed by atoms with E-state index in [0.29, 0.717) is 39.0 Å². The van der Waals surface area contributed by atoms with Crippen molar-refractivity contribution >= 4 is 72.5 Å². The van der Waals surface area contributed by atoms with Crippen LogP contribution in [0.1, 0.15) is 25.0 Å². The highest BCUT2D eigenvalue weighted by molar-refractivity contribution is 14.1. The summed E-state index contributed by atoms with van der Waals surface area (Å²) in [5.74, 6) is 1.04. The number of hydrogen-bond donors (Lipinski definition) is 2. The Bertz CT molecular complexity index is 1410. The lowest BCUT2D eigenvalue weighted by Gasteiger charge is -2.36. The molecule has 200 valence electrons. The molecule has 38 heavy (non-hydrogen) atoms. The van der Waals surface area contributed by atoms with Crippen molar-refractivity contribution in [3.05, 3.63) is 57.2 Å². The minimum absolute atomic E-state index is 0.458. The Morgan fingerprint density at radius 1 is 0.947 bits per heavy atom. The molecule has 12 heteroatoms. The summed E-state index contributed by atoms with van der Waals surface area (Å²) in [5, 5.41) is 7.28. The molecule has 0 spiro atoms. The zero-order chi connectivity index (χ0) is 27.0. The summed E-state index contributed by atoms with van der Waals surface area (Å²) in [5.41, 5.74) is 2.42. The van der Waals surface area contributed by atoms with Gasteiger partial charge in [-0.1, -0.05) is 23.5 Å². The van der Waals surface area contributed by atoms with E-state index in [9.17, 15) is 13.2 Å². The van der Waals surface area contributed by atoms with E-state index in [1.165, 1.54) is 23.5 Å². The van der Waals surface area contributed by atoms with Gasteiger partial charge in [-0.25, -0.2) is 4.98 Å². The number of fused-ring (bicyclic) bond motifs is 1. The van der Waals surface area contributed by atoms with Crippen molar-refractivity contribution in [2.75, 3.05) is 41.7 Å². The Hall–Kier alpha value is -2.71. The molecule has 0 saturated carbocycles. The number of aromatic nitrogens is 3. The van der Waals surface area contributed by atoms with Crippen LogP contribution in [0.4, 0.5) is 41.4 Å². The van der Waals surface area contributed by atoms with Crippen LogP contribution in [-0.2, 0) is 6.18 Å². The van der Waals surface area contributed by atoms with Gasteiger partial charge in [0, 0.05) is 41.5 Å². The number of nitrogens with zero attached hydrogens (tertiary/aromatic N) is 5. The van der Waals surface area contributed by atoms with Crippen LogP contribution in [0.5, 0.6) is 0 Å². The third-order valence-electron chi connectivity index (χ3n) is 6.50. The maximum Gasteiger partial charge on any atom is 0.416 e. The molecule has 3 heterocycles. The number of thiazole rings is 1. The van der Waals surface area contributed by atoms with Crippen LogP contribution in [0.25, 0.3) is 10.3 Å². The van der Waals surface area contributed by atoms with E-state index < -0.39 is 11.7 Å². The number of aryl methyl sites for hydroxylation is 1. The number of alkyl halides is 3. The summed E-state index contributed by atoms with van der Waals surface area (Å²) >= 11 is 3.71. The number of benzene rings is 2. The number of anilines is 5. The first-order valence-corrected chi connectivity index (χ1v) is 14.1. The van der Waals surface area contributed by atoms with E-state index in [-0.39, 0.29) is 0 Å². The van der Waals surface area contributed by atoms with Gasteiger partial charge < -0.3 is 15.5 Å². The second-order valence-electron chi connectivity index (χ2n) is 9.42. The van der Waals surface area contributed by atoms with Crippen LogP contribution in [0.3, 0.4) is 0 Å². The molecule has 0 amide bonds. The van der Waals surface area contributed by atoms with Crippen molar-refractivity contribution in [3.8, 4) is 0 Å². The quantitative estimate of drug-likeness (QED) is 0.217. The van der Waals surface area contributed by atoms with Crippen LogP contribution < -0.4 is 15.5 Å². The van der Waals surface area contributed by atoms with Gasteiger partial charge in [-0.3, -0.25) is 4.90 Å². The van der Waals surface area contributed by atoms with E-state index in [1.54, 1.807) is 0 Å². The minimum Gasteiger partial charge on any atom is -0.338 e. The fourth-order valence-electron chi connectivity index (χ4n) is 4.31. The molecule has 4 aromatic rings. The van der Waals surface area contributed by atoms with Gasteiger partial charge in [0.2, 0.25) is 5.95 Å². The average Bonchev–Trinajstić information content (AvgIpc) is 3.29. The summed E-state index contributed by atoms with van der Waals surface area (Å²) in [6, 6.07) is 11.4. The van der Waals surface area contributed by atoms with Crippen molar-refractivity contribution in [3.63, 3.8) is 0 Å². The Kier molecular flexibility index (Phi) is 7.65. The number of halogens is 4. The molecule has 0 unspecified atom stereocenters. The van der Waals surface area contributed by atoms with Gasteiger partial charge in [-0.05, 0) is 79.3 Å². The maximum absolute atomic E-state index is 13.1. The van der Waals surface area contributed by atoms with Crippen molar-refractivity contribution in [2.24, 2.45) is 0 Å². The highest BCUT2D eigenvalue weighted by Crippen LogP contribution is 2.36. The largest absolute Gasteiger partial charge is 0.416 e. The normalized spacial score (nSPS) is 14.9. The number of hydrogen-bond acceptors (Lipinski definition) is 8. The van der Waals surface area contributed by atoms with Crippen LogP contribution in [0.2, 0.25) is 0 Å². The molecule has 5 rings (SSSR count). The molecule has 0 atom stereocenters. The first-order chi connectivity index (χ1) is 18.1. The van der Waals surface area contributed by atoms with Crippen LogP contribution >= 0.6 is 33.9 Å². The Labute approximate surface area is 236 Å². The van der Waals surface area contributed by atoms with Gasteiger partial charge in [0.1, 0.15) is 5.52 Å². The molecule has 2 N–H and O–H groups in total. The Morgan fingerprint density at radius 2 is 1.66 bits per heavy atom. The van der Waals surface area contributed by atoms with Gasteiger partial charge in [0.05, 0.1) is 11.3 Å². The van der Waals surface area contributed by atoms with E-state index >= 15 is 0 Å².